The van der Waals surface area contributed by atoms with Crippen LogP contribution in [0.25, 0.3) is 0 Å². The predicted octanol–water partition coefficient (Wildman–Crippen LogP) is 4.86. The summed E-state index contributed by atoms with van der Waals surface area (Å²) < 4.78 is 1.50. The summed E-state index contributed by atoms with van der Waals surface area (Å²) in [5.74, 6) is 0. The number of hydrogen-bond acceptors (Lipinski definition) is 3. The van der Waals surface area contributed by atoms with E-state index < -0.39 is 0 Å². The van der Waals surface area contributed by atoms with E-state index in [0.29, 0.717) is 10.8 Å². The van der Waals surface area contributed by atoms with Gasteiger partial charge in [0.25, 0.3) is 0 Å². The lowest BCUT2D eigenvalue weighted by atomic mass is 10.00. The molecule has 0 spiro atoms. The minimum atomic E-state index is 0.433. The van der Waals surface area contributed by atoms with Crippen LogP contribution < -0.4 is 0 Å². The molecule has 0 aromatic carbocycles. The lowest BCUT2D eigenvalue weighted by Crippen LogP contribution is -2.22. The van der Waals surface area contributed by atoms with Crippen LogP contribution in [0.15, 0.2) is 0 Å². The summed E-state index contributed by atoms with van der Waals surface area (Å²) in [6.07, 6.45) is 0. The van der Waals surface area contributed by atoms with Crippen molar-refractivity contribution in [2.24, 2.45) is 10.8 Å². The number of hydrogen-bond donors (Lipinski definition) is 0. The fraction of sp³-hybridized carbons (Fsp3) is 1.00. The Bertz CT molecular complexity index is 156. The van der Waals surface area contributed by atoms with Crippen LogP contribution in [-0.2, 0) is 0 Å². The van der Waals surface area contributed by atoms with Crippen molar-refractivity contribution in [3.63, 3.8) is 0 Å². The van der Waals surface area contributed by atoms with Crippen molar-refractivity contribution in [2.45, 2.75) is 50.7 Å². The van der Waals surface area contributed by atoms with Gasteiger partial charge in [-0.1, -0.05) is 63.1 Å². The van der Waals surface area contributed by atoms with Gasteiger partial charge >= 0.3 is 0 Å². The second kappa shape index (κ2) is 3.90. The second-order valence-electron chi connectivity index (χ2n) is 5.72. The van der Waals surface area contributed by atoms with E-state index in [1.54, 1.807) is 0 Å². The van der Waals surface area contributed by atoms with Gasteiger partial charge in [0, 0.05) is 0 Å². The maximum atomic E-state index is 2.34. The average molecular weight is 236 g/mol. The summed E-state index contributed by atoms with van der Waals surface area (Å²) in [6.45, 7) is 14.0. The van der Waals surface area contributed by atoms with E-state index >= 15 is 0 Å². The Morgan fingerprint density at radius 3 is 1.15 bits per heavy atom. The Kier molecular flexibility index (Phi) is 3.63. The van der Waals surface area contributed by atoms with Crippen LogP contribution >= 0.6 is 33.3 Å². The van der Waals surface area contributed by atoms with Crippen molar-refractivity contribution in [1.82, 2.24) is 0 Å². The zero-order valence-electron chi connectivity index (χ0n) is 9.38. The van der Waals surface area contributed by atoms with E-state index in [9.17, 15) is 0 Å². The molecule has 0 amide bonds. The van der Waals surface area contributed by atoms with Gasteiger partial charge in [-0.2, -0.15) is 0 Å². The van der Waals surface area contributed by atoms with Crippen LogP contribution in [0, 0.1) is 10.8 Å². The Hall–Kier alpha value is 1.05. The monoisotopic (exact) mass is 236 g/mol. The maximum absolute atomic E-state index is 2.34. The summed E-state index contributed by atoms with van der Waals surface area (Å²) in [6, 6.07) is 0. The molecule has 13 heavy (non-hydrogen) atoms. The molecule has 2 atom stereocenters. The molecule has 0 bridgehead atoms. The Morgan fingerprint density at radius 2 is 1.00 bits per heavy atom. The Labute approximate surface area is 94.8 Å². The quantitative estimate of drug-likeness (QED) is 0.551. The topological polar surface area (TPSA) is 0 Å². The smallest absolute Gasteiger partial charge is 0.0666 e. The summed E-state index contributed by atoms with van der Waals surface area (Å²) in [5, 5.41) is 0. The van der Waals surface area contributed by atoms with Crippen LogP contribution in [0.5, 0.6) is 0 Å². The predicted molar refractivity (Wildman–Crippen MR) is 69.3 cm³/mol. The minimum Gasteiger partial charge on any atom is -0.130 e. The van der Waals surface area contributed by atoms with Crippen LogP contribution in [0.2, 0.25) is 0 Å². The number of rotatable bonds is 0. The second-order valence-corrected chi connectivity index (χ2v) is 10.0. The Morgan fingerprint density at radius 1 is 0.692 bits per heavy atom. The van der Waals surface area contributed by atoms with E-state index in [1.807, 2.05) is 0 Å². The fourth-order valence-electron chi connectivity index (χ4n) is 0.955. The molecule has 78 valence electrons. The fourth-order valence-corrected chi connectivity index (χ4v) is 7.99. The standard InChI is InChI=1S/C10H20S3/c1-9(2,3)7-11-8(13-12-7)10(4,5)6/h7-8H,1-6H3/t7-,8+. The summed E-state index contributed by atoms with van der Waals surface area (Å²) in [4.78, 5) is 0. The molecular weight excluding hydrogens is 216 g/mol. The first kappa shape index (κ1) is 12.1. The van der Waals surface area contributed by atoms with Gasteiger partial charge in [-0.15, -0.1) is 11.8 Å². The third-order valence-electron chi connectivity index (χ3n) is 1.89. The van der Waals surface area contributed by atoms with Crippen molar-refractivity contribution < 1.29 is 0 Å². The molecule has 1 fully saturated rings. The highest BCUT2D eigenvalue weighted by atomic mass is 33.1. The van der Waals surface area contributed by atoms with Crippen LogP contribution in [-0.4, -0.2) is 9.16 Å². The van der Waals surface area contributed by atoms with E-state index in [2.05, 4.69) is 74.9 Å². The zero-order chi connectivity index (χ0) is 10.3. The molecule has 0 aliphatic carbocycles. The van der Waals surface area contributed by atoms with Gasteiger partial charge in [0.05, 0.1) is 9.16 Å². The maximum Gasteiger partial charge on any atom is 0.0666 e. The first-order valence-electron chi connectivity index (χ1n) is 4.69. The molecule has 1 saturated heterocycles. The summed E-state index contributed by atoms with van der Waals surface area (Å²) >= 11 is 2.15. The lowest BCUT2D eigenvalue weighted by molar-refractivity contribution is 0.446. The van der Waals surface area contributed by atoms with Crippen LogP contribution in [0.3, 0.4) is 0 Å². The normalized spacial score (nSPS) is 30.9. The third-order valence-corrected chi connectivity index (χ3v) is 9.14. The van der Waals surface area contributed by atoms with E-state index in [-0.39, 0.29) is 0 Å². The first-order chi connectivity index (χ1) is 5.71. The van der Waals surface area contributed by atoms with Crippen molar-refractivity contribution >= 4 is 33.3 Å². The highest BCUT2D eigenvalue weighted by Crippen LogP contribution is 2.61. The zero-order valence-corrected chi connectivity index (χ0v) is 11.8. The van der Waals surface area contributed by atoms with Crippen molar-refractivity contribution in [2.75, 3.05) is 0 Å². The van der Waals surface area contributed by atoms with Crippen LogP contribution in [0.1, 0.15) is 41.5 Å². The van der Waals surface area contributed by atoms with Gasteiger partial charge in [-0.3, -0.25) is 0 Å². The van der Waals surface area contributed by atoms with Crippen molar-refractivity contribution in [1.29, 1.82) is 0 Å². The molecule has 0 radical (unpaired) electrons. The van der Waals surface area contributed by atoms with Gasteiger partial charge in [0.1, 0.15) is 0 Å². The molecule has 1 aliphatic rings. The molecule has 0 aromatic heterocycles. The molecule has 0 nitrogen and oxygen atoms in total. The highest BCUT2D eigenvalue weighted by Gasteiger charge is 2.40. The molecule has 0 aromatic rings. The Balaban J connectivity index is 2.55. The molecule has 0 N–H and O–H groups in total. The van der Waals surface area contributed by atoms with E-state index in [1.165, 1.54) is 0 Å². The van der Waals surface area contributed by atoms with Crippen molar-refractivity contribution in [3.8, 4) is 0 Å². The van der Waals surface area contributed by atoms with Gasteiger partial charge < -0.3 is 0 Å². The van der Waals surface area contributed by atoms with Crippen molar-refractivity contribution in [3.05, 3.63) is 0 Å². The molecule has 1 rings (SSSR count). The largest absolute Gasteiger partial charge is 0.130 e. The number of thioether (sulfide) groups is 1. The first-order valence-corrected chi connectivity index (χ1v) is 7.91. The molecule has 0 saturated carbocycles. The molecule has 3 heteroatoms. The van der Waals surface area contributed by atoms with Gasteiger partial charge in [-0.05, 0) is 10.8 Å². The molecular formula is C10H20S3. The summed E-state index contributed by atoms with van der Waals surface area (Å²) in [5.41, 5.74) is 0.866. The SMILES string of the molecule is CC(C)(C)[C@@H]1SS[C@H](C(C)(C)C)S1. The average Bonchev–Trinajstić information content (AvgIpc) is 2.28. The lowest BCUT2D eigenvalue weighted by Gasteiger charge is -2.28. The summed E-state index contributed by atoms with van der Waals surface area (Å²) in [7, 11) is 4.13. The molecule has 0 unspecified atom stereocenters. The van der Waals surface area contributed by atoms with Gasteiger partial charge in [0.2, 0.25) is 0 Å². The molecule has 1 aliphatic heterocycles. The van der Waals surface area contributed by atoms with Gasteiger partial charge in [0.15, 0.2) is 0 Å². The highest BCUT2D eigenvalue weighted by molar-refractivity contribution is 8.82. The van der Waals surface area contributed by atoms with E-state index in [4.69, 9.17) is 0 Å². The molecule has 1 heterocycles. The van der Waals surface area contributed by atoms with Gasteiger partial charge in [-0.25, -0.2) is 0 Å². The third kappa shape index (κ3) is 3.28. The minimum absolute atomic E-state index is 0.433. The van der Waals surface area contributed by atoms with E-state index in [0.717, 1.165) is 9.16 Å². The van der Waals surface area contributed by atoms with Crippen LogP contribution in [0.4, 0.5) is 0 Å².